The molecule has 1 saturated heterocycles. The van der Waals surface area contributed by atoms with Crippen LogP contribution >= 0.6 is 0 Å². The van der Waals surface area contributed by atoms with Crippen LogP contribution in [0.5, 0.6) is 11.5 Å². The van der Waals surface area contributed by atoms with Gasteiger partial charge in [0, 0.05) is 60.5 Å². The van der Waals surface area contributed by atoms with E-state index in [1.165, 1.54) is 45.2 Å². The number of nitro groups is 2. The lowest BCUT2D eigenvalue weighted by molar-refractivity contribution is -0.392. The molecule has 3 aliphatic carbocycles. The van der Waals surface area contributed by atoms with Crippen LogP contribution in [-0.2, 0) is 19.2 Å². The zero-order valence-corrected chi connectivity index (χ0v) is 25.2. The maximum absolute atomic E-state index is 14.2. The van der Waals surface area contributed by atoms with Crippen molar-refractivity contribution in [2.75, 3.05) is 31.0 Å². The van der Waals surface area contributed by atoms with Crippen molar-refractivity contribution in [2.24, 2.45) is 17.8 Å². The molecule has 4 atom stereocenters. The summed E-state index contributed by atoms with van der Waals surface area (Å²) < 4.78 is 5.22. The first kappa shape index (κ1) is 30.4. The SMILES string of the molecule is COc1ccc([C@H]2C3=CC[C@@H]4C(=O)N(c5cc([N+](=O)[O-])c(N(C)C)c([N+](=O)[O-])c5)C(=O)[C@@H]4[C@@H]3CC3=C2C(=O)C(C)=CC3=O)c(O)c1. The molecule has 14 heteroatoms. The summed E-state index contributed by atoms with van der Waals surface area (Å²) in [5.41, 5.74) is -0.396. The number of hydrogen-bond acceptors (Lipinski definition) is 11. The number of carbonyl (C=O) groups excluding carboxylic acids is 4. The Morgan fingerprint density at radius 1 is 0.978 bits per heavy atom. The van der Waals surface area contributed by atoms with Crippen LogP contribution in [0.25, 0.3) is 0 Å². The number of phenolic OH excluding ortho intramolecular Hbond substituents is 1. The number of imide groups is 1. The monoisotopic (exact) mass is 628 g/mol. The number of rotatable bonds is 6. The Balaban J connectivity index is 1.49. The van der Waals surface area contributed by atoms with Crippen LogP contribution in [0.2, 0.25) is 0 Å². The van der Waals surface area contributed by atoms with E-state index in [0.717, 1.165) is 17.0 Å². The van der Waals surface area contributed by atoms with E-state index in [0.29, 0.717) is 16.9 Å². The fraction of sp³-hybridized carbons (Fsp3) is 0.312. The van der Waals surface area contributed by atoms with E-state index < -0.39 is 62.5 Å². The molecule has 4 aliphatic rings. The Bertz CT molecular complexity index is 1870. The number of nitrogens with zero attached hydrogens (tertiary/aromatic N) is 4. The lowest BCUT2D eigenvalue weighted by Gasteiger charge is -2.42. The van der Waals surface area contributed by atoms with Crippen molar-refractivity contribution in [3.63, 3.8) is 0 Å². The minimum absolute atomic E-state index is 0.0309. The minimum Gasteiger partial charge on any atom is -0.507 e. The topological polar surface area (TPSA) is 190 Å². The summed E-state index contributed by atoms with van der Waals surface area (Å²) in [6.07, 6.45) is 3.02. The van der Waals surface area contributed by atoms with Crippen LogP contribution in [0.4, 0.5) is 22.7 Å². The molecule has 0 aromatic heterocycles. The molecule has 1 fully saturated rings. The largest absolute Gasteiger partial charge is 0.507 e. The van der Waals surface area contributed by atoms with Gasteiger partial charge in [-0.2, -0.15) is 0 Å². The Morgan fingerprint density at radius 3 is 2.20 bits per heavy atom. The third-order valence-corrected chi connectivity index (χ3v) is 9.27. The van der Waals surface area contributed by atoms with Crippen LogP contribution in [0.15, 0.2) is 64.8 Å². The Kier molecular flexibility index (Phi) is 7.10. The zero-order valence-electron chi connectivity index (χ0n) is 25.2. The molecule has 1 N–H and O–H groups in total. The molecule has 6 rings (SSSR count). The van der Waals surface area contributed by atoms with E-state index in [9.17, 15) is 44.5 Å². The molecule has 1 aliphatic heterocycles. The maximum Gasteiger partial charge on any atom is 0.301 e. The van der Waals surface area contributed by atoms with Gasteiger partial charge in [-0.1, -0.05) is 17.7 Å². The van der Waals surface area contributed by atoms with Gasteiger partial charge in [-0.25, -0.2) is 4.90 Å². The first-order chi connectivity index (χ1) is 21.8. The van der Waals surface area contributed by atoms with Gasteiger partial charge in [-0.05, 0) is 37.8 Å². The summed E-state index contributed by atoms with van der Waals surface area (Å²) in [4.78, 5) is 79.3. The number of ether oxygens (including phenoxy) is 1. The van der Waals surface area contributed by atoms with Gasteiger partial charge in [0.15, 0.2) is 17.3 Å². The molecule has 0 unspecified atom stereocenters. The highest BCUT2D eigenvalue weighted by atomic mass is 16.6. The molecule has 46 heavy (non-hydrogen) atoms. The van der Waals surface area contributed by atoms with Crippen molar-refractivity contribution in [1.29, 1.82) is 0 Å². The molecule has 1 heterocycles. The van der Waals surface area contributed by atoms with Crippen LogP contribution < -0.4 is 14.5 Å². The number of ketones is 2. The van der Waals surface area contributed by atoms with Crippen molar-refractivity contribution in [3.05, 3.63) is 90.6 Å². The molecule has 2 aromatic carbocycles. The molecule has 0 bridgehead atoms. The molecular weight excluding hydrogens is 600 g/mol. The quantitative estimate of drug-likeness (QED) is 0.160. The van der Waals surface area contributed by atoms with Crippen LogP contribution in [0.3, 0.4) is 0 Å². The van der Waals surface area contributed by atoms with Crippen molar-refractivity contribution < 1.29 is 38.9 Å². The average molecular weight is 629 g/mol. The second-order valence-corrected chi connectivity index (χ2v) is 11.9. The summed E-state index contributed by atoms with van der Waals surface area (Å²) in [5, 5.41) is 35.0. The number of nitro benzene ring substituents is 2. The smallest absolute Gasteiger partial charge is 0.301 e. The number of methoxy groups -OCH3 is 1. The van der Waals surface area contributed by atoms with Crippen molar-refractivity contribution in [1.82, 2.24) is 0 Å². The van der Waals surface area contributed by atoms with Crippen LogP contribution in [0, 0.1) is 38.0 Å². The third kappa shape index (κ3) is 4.39. The Labute approximate surface area is 261 Å². The van der Waals surface area contributed by atoms with Crippen molar-refractivity contribution in [2.45, 2.75) is 25.7 Å². The molecule has 0 radical (unpaired) electrons. The molecule has 14 nitrogen and oxygen atoms in total. The zero-order chi connectivity index (χ0) is 33.4. The van der Waals surface area contributed by atoms with E-state index in [2.05, 4.69) is 0 Å². The second-order valence-electron chi connectivity index (χ2n) is 11.9. The van der Waals surface area contributed by atoms with E-state index in [4.69, 9.17) is 4.74 Å². The lowest BCUT2D eigenvalue weighted by atomic mass is 9.59. The van der Waals surface area contributed by atoms with E-state index in [-0.39, 0.29) is 52.5 Å². The van der Waals surface area contributed by atoms with E-state index in [1.807, 2.05) is 0 Å². The number of fused-ring (bicyclic) bond motifs is 3. The maximum atomic E-state index is 14.2. The lowest BCUT2D eigenvalue weighted by Crippen LogP contribution is -2.39. The molecule has 0 saturated carbocycles. The van der Waals surface area contributed by atoms with Gasteiger partial charge in [0.05, 0.1) is 34.5 Å². The highest BCUT2D eigenvalue weighted by Crippen LogP contribution is 2.57. The van der Waals surface area contributed by atoms with Crippen molar-refractivity contribution in [3.8, 4) is 11.5 Å². The standard InChI is InChI=1S/C32H28N4O10/c1-14-9-24(37)21-13-20-17(26(28(21)30(14)39)18-6-5-16(46-4)12-25(18)38)7-8-19-27(20)32(41)34(31(19)40)15-10-22(35(42)43)29(33(2)3)23(11-15)36(44)45/h5-7,9-12,19-20,26-27,38H,8,13H2,1-4H3/t19-,20+,26+,27-/m0/s1. The number of allylic oxidation sites excluding steroid dienone is 6. The number of aromatic hydroxyl groups is 1. The van der Waals surface area contributed by atoms with E-state index >= 15 is 0 Å². The van der Waals surface area contributed by atoms with E-state index in [1.54, 1.807) is 18.2 Å². The number of anilines is 2. The first-order valence-corrected chi connectivity index (χ1v) is 14.4. The van der Waals surface area contributed by atoms with Crippen molar-refractivity contribution >= 4 is 46.1 Å². The van der Waals surface area contributed by atoms with Gasteiger partial charge >= 0.3 is 11.4 Å². The van der Waals surface area contributed by atoms with Gasteiger partial charge in [-0.15, -0.1) is 0 Å². The normalized spacial score (nSPS) is 23.8. The van der Waals surface area contributed by atoms with Crippen LogP contribution in [0.1, 0.15) is 31.2 Å². The predicted octanol–water partition coefficient (Wildman–Crippen LogP) is 3.92. The summed E-state index contributed by atoms with van der Waals surface area (Å²) >= 11 is 0. The molecule has 0 spiro atoms. The van der Waals surface area contributed by atoms with Gasteiger partial charge in [0.2, 0.25) is 11.8 Å². The number of Topliss-reactive ketones (excluding diaryl/α,β-unsaturated/α-hetero) is 1. The molecule has 2 aromatic rings. The summed E-state index contributed by atoms with van der Waals surface area (Å²) in [6, 6.07) is 6.52. The molecular formula is C32H28N4O10. The highest BCUT2D eigenvalue weighted by molar-refractivity contribution is 6.25. The fourth-order valence-corrected chi connectivity index (χ4v) is 7.32. The number of benzene rings is 2. The minimum atomic E-state index is -1.04. The first-order valence-electron chi connectivity index (χ1n) is 14.4. The summed E-state index contributed by atoms with van der Waals surface area (Å²) in [6.45, 7) is 1.53. The summed E-state index contributed by atoms with van der Waals surface area (Å²) in [5.74, 6) is -5.64. The number of phenols is 1. The summed E-state index contributed by atoms with van der Waals surface area (Å²) in [7, 11) is 4.23. The van der Waals surface area contributed by atoms with Gasteiger partial charge in [0.25, 0.3) is 0 Å². The average Bonchev–Trinajstić information content (AvgIpc) is 3.27. The fourth-order valence-electron chi connectivity index (χ4n) is 7.32. The molecule has 2 amide bonds. The number of hydrogen-bond donors (Lipinski definition) is 1. The van der Waals surface area contributed by atoms with Gasteiger partial charge < -0.3 is 14.7 Å². The Morgan fingerprint density at radius 2 is 1.63 bits per heavy atom. The van der Waals surface area contributed by atoms with Gasteiger partial charge in [0.1, 0.15) is 11.5 Å². The highest BCUT2D eigenvalue weighted by Gasteiger charge is 2.57. The number of carbonyl (C=O) groups is 4. The molecule has 236 valence electrons. The second kappa shape index (κ2) is 10.8. The predicted molar refractivity (Wildman–Crippen MR) is 163 cm³/mol. The van der Waals surface area contributed by atoms with Gasteiger partial charge in [-0.3, -0.25) is 39.4 Å². The third-order valence-electron chi connectivity index (χ3n) is 9.27. The number of amides is 2. The Hall–Kier alpha value is -5.66. The van der Waals surface area contributed by atoms with Crippen LogP contribution in [-0.4, -0.2) is 59.5 Å².